The van der Waals surface area contributed by atoms with Gasteiger partial charge >= 0.3 is 11.9 Å². The van der Waals surface area contributed by atoms with Crippen molar-refractivity contribution in [3.8, 4) is 0 Å². The van der Waals surface area contributed by atoms with Crippen LogP contribution in [-0.4, -0.2) is 97.1 Å². The monoisotopic (exact) mass is 538 g/mol. The van der Waals surface area contributed by atoms with Gasteiger partial charge in [0, 0.05) is 40.4 Å². The first kappa shape index (κ1) is 28.9. The summed E-state index contributed by atoms with van der Waals surface area (Å²) in [5, 5.41) is 20.8. The Morgan fingerprint density at radius 2 is 1.89 bits per heavy atom. The largest absolute Gasteiger partial charge is 0.462 e. The number of carbonyl (C=O) groups is 2. The third kappa shape index (κ3) is 6.53. The highest BCUT2D eigenvalue weighted by atomic mass is 16.7. The van der Waals surface area contributed by atoms with Crippen molar-refractivity contribution in [3.05, 3.63) is 35.9 Å². The summed E-state index contributed by atoms with van der Waals surface area (Å²) in [4.78, 5) is 23.2. The van der Waals surface area contributed by atoms with Gasteiger partial charge in [-0.25, -0.2) is 0 Å². The molecule has 2 N–H and O–H groups in total. The Morgan fingerprint density at radius 3 is 2.55 bits per heavy atom. The van der Waals surface area contributed by atoms with Crippen molar-refractivity contribution >= 4 is 11.9 Å². The Balaban J connectivity index is 1.58. The van der Waals surface area contributed by atoms with Gasteiger partial charge < -0.3 is 43.4 Å². The third-order valence-corrected chi connectivity index (χ3v) is 7.30. The van der Waals surface area contributed by atoms with Crippen LogP contribution in [0, 0.1) is 0 Å². The lowest BCUT2D eigenvalue weighted by Gasteiger charge is -2.53. The van der Waals surface area contributed by atoms with Crippen molar-refractivity contribution in [1.82, 2.24) is 0 Å². The zero-order chi connectivity index (χ0) is 27.3. The van der Waals surface area contributed by atoms with Gasteiger partial charge in [-0.05, 0) is 18.4 Å². The number of methoxy groups -OCH3 is 1. The van der Waals surface area contributed by atoms with Crippen molar-refractivity contribution in [3.63, 3.8) is 0 Å². The van der Waals surface area contributed by atoms with E-state index in [1.54, 1.807) is 0 Å². The van der Waals surface area contributed by atoms with E-state index in [0.717, 1.165) is 5.56 Å². The Labute approximate surface area is 222 Å². The SMILES string of the molecule is COC12CC[C@H](CCO)O[C@@H]1[C@@H](O)[C@@H]1OC(CC(COC(C)=O)OC(C)=O)[C@H](OCc3ccccc3)[C@@H]1O2. The fraction of sp³-hybridized carbons (Fsp3) is 0.704. The average molecular weight is 539 g/mol. The fourth-order valence-corrected chi connectivity index (χ4v) is 5.55. The van der Waals surface area contributed by atoms with Gasteiger partial charge in [-0.2, -0.15) is 0 Å². The molecule has 212 valence electrons. The molecule has 3 unspecified atom stereocenters. The molecular formula is C27H38O11. The summed E-state index contributed by atoms with van der Waals surface area (Å²) in [7, 11) is 1.51. The molecule has 3 saturated heterocycles. The molecule has 3 aliphatic heterocycles. The molecule has 3 heterocycles. The molecular weight excluding hydrogens is 500 g/mol. The highest BCUT2D eigenvalue weighted by molar-refractivity contribution is 5.67. The molecule has 4 rings (SSSR count). The van der Waals surface area contributed by atoms with Gasteiger partial charge in [-0.3, -0.25) is 9.59 Å². The van der Waals surface area contributed by atoms with Gasteiger partial charge in [0.1, 0.15) is 43.2 Å². The first-order valence-corrected chi connectivity index (χ1v) is 13.0. The molecule has 0 radical (unpaired) electrons. The smallest absolute Gasteiger partial charge is 0.303 e. The molecule has 0 aromatic heterocycles. The maximum Gasteiger partial charge on any atom is 0.303 e. The number of ether oxygens (including phenoxy) is 7. The normalized spacial score (nSPS) is 35.1. The molecule has 38 heavy (non-hydrogen) atoms. The number of aliphatic hydroxyl groups is 2. The highest BCUT2D eigenvalue weighted by Gasteiger charge is 2.64. The minimum Gasteiger partial charge on any atom is -0.462 e. The lowest BCUT2D eigenvalue weighted by atomic mass is 9.85. The maximum absolute atomic E-state index is 11.8. The predicted octanol–water partition coefficient (Wildman–Crippen LogP) is 1.26. The third-order valence-electron chi connectivity index (χ3n) is 7.30. The number of carbonyl (C=O) groups excluding carboxylic acids is 2. The Kier molecular flexibility index (Phi) is 9.74. The number of hydrogen-bond donors (Lipinski definition) is 2. The lowest BCUT2D eigenvalue weighted by molar-refractivity contribution is -0.383. The minimum atomic E-state index is -1.22. The number of rotatable bonds is 11. The summed E-state index contributed by atoms with van der Waals surface area (Å²) in [6, 6.07) is 9.60. The number of fused-ring (bicyclic) bond motifs is 2. The average Bonchev–Trinajstić information content (AvgIpc) is 3.23. The topological polar surface area (TPSA) is 139 Å². The zero-order valence-corrected chi connectivity index (χ0v) is 22.0. The van der Waals surface area contributed by atoms with E-state index < -0.39 is 60.5 Å². The predicted molar refractivity (Wildman–Crippen MR) is 131 cm³/mol. The Morgan fingerprint density at radius 1 is 1.13 bits per heavy atom. The lowest BCUT2D eigenvalue weighted by Crippen LogP contribution is -2.68. The van der Waals surface area contributed by atoms with E-state index >= 15 is 0 Å². The molecule has 0 spiro atoms. The highest BCUT2D eigenvalue weighted by Crippen LogP contribution is 2.47. The van der Waals surface area contributed by atoms with Crippen LogP contribution >= 0.6 is 0 Å². The minimum absolute atomic E-state index is 0.0335. The van der Waals surface area contributed by atoms with Gasteiger partial charge in [-0.1, -0.05) is 30.3 Å². The van der Waals surface area contributed by atoms with Crippen LogP contribution in [0.5, 0.6) is 0 Å². The van der Waals surface area contributed by atoms with E-state index in [-0.39, 0.29) is 32.3 Å². The van der Waals surface area contributed by atoms with Gasteiger partial charge in [-0.15, -0.1) is 0 Å². The molecule has 0 aliphatic carbocycles. The van der Waals surface area contributed by atoms with Crippen molar-refractivity contribution < 1.29 is 53.0 Å². The van der Waals surface area contributed by atoms with E-state index in [4.69, 9.17) is 33.2 Å². The van der Waals surface area contributed by atoms with Gasteiger partial charge in [0.05, 0.1) is 18.8 Å². The number of benzene rings is 1. The van der Waals surface area contributed by atoms with Crippen molar-refractivity contribution in [1.29, 1.82) is 0 Å². The first-order chi connectivity index (χ1) is 18.3. The summed E-state index contributed by atoms with van der Waals surface area (Å²) in [5.41, 5.74) is 0.940. The Bertz CT molecular complexity index is 927. The van der Waals surface area contributed by atoms with Gasteiger partial charge in [0.25, 0.3) is 0 Å². The van der Waals surface area contributed by atoms with Crippen LogP contribution in [0.4, 0.5) is 0 Å². The van der Waals surface area contributed by atoms with Crippen molar-refractivity contribution in [2.75, 3.05) is 20.3 Å². The van der Waals surface area contributed by atoms with E-state index in [9.17, 15) is 19.8 Å². The number of hydrogen-bond acceptors (Lipinski definition) is 11. The summed E-state index contributed by atoms with van der Waals surface area (Å²) in [5.74, 6) is -2.24. The van der Waals surface area contributed by atoms with Gasteiger partial charge in [0.15, 0.2) is 5.79 Å². The van der Waals surface area contributed by atoms with Crippen LogP contribution in [-0.2, 0) is 49.4 Å². The van der Waals surface area contributed by atoms with E-state index in [1.807, 2.05) is 30.3 Å². The van der Waals surface area contributed by atoms with Crippen LogP contribution in [0.3, 0.4) is 0 Å². The molecule has 11 heteroatoms. The maximum atomic E-state index is 11.8. The van der Waals surface area contributed by atoms with Crippen molar-refractivity contribution in [2.24, 2.45) is 0 Å². The second kappa shape index (κ2) is 12.8. The quantitative estimate of drug-likeness (QED) is 0.394. The zero-order valence-electron chi connectivity index (χ0n) is 22.0. The summed E-state index contributed by atoms with van der Waals surface area (Å²) in [6.45, 7) is 2.63. The second-order valence-electron chi connectivity index (χ2n) is 9.99. The van der Waals surface area contributed by atoms with E-state index in [2.05, 4.69) is 0 Å². The Hall–Kier alpha value is -2.12. The first-order valence-electron chi connectivity index (χ1n) is 13.0. The number of aliphatic hydroxyl groups excluding tert-OH is 2. The summed E-state index contributed by atoms with van der Waals surface area (Å²) >= 11 is 0. The fourth-order valence-electron chi connectivity index (χ4n) is 5.55. The van der Waals surface area contributed by atoms with Crippen molar-refractivity contribution in [2.45, 2.75) is 101 Å². The molecule has 9 atom stereocenters. The van der Waals surface area contributed by atoms with Crippen LogP contribution in [0.2, 0.25) is 0 Å². The molecule has 0 bridgehead atoms. The molecule has 3 fully saturated rings. The van der Waals surface area contributed by atoms with Crippen LogP contribution in [0.25, 0.3) is 0 Å². The summed E-state index contributed by atoms with van der Waals surface area (Å²) in [6.07, 6.45) is -4.19. The van der Waals surface area contributed by atoms with Crippen LogP contribution in [0.15, 0.2) is 30.3 Å². The molecule has 1 aromatic carbocycles. The molecule has 1 aromatic rings. The molecule has 11 nitrogen and oxygen atoms in total. The molecule has 3 aliphatic rings. The van der Waals surface area contributed by atoms with E-state index in [0.29, 0.717) is 19.3 Å². The van der Waals surface area contributed by atoms with Crippen LogP contribution < -0.4 is 0 Å². The van der Waals surface area contributed by atoms with E-state index in [1.165, 1.54) is 21.0 Å². The van der Waals surface area contributed by atoms with Crippen LogP contribution in [0.1, 0.15) is 45.1 Å². The number of esters is 2. The molecule has 0 amide bonds. The standard InChI is InChI=1S/C27H38O11/c1-16(29)33-15-20(35-17(2)30)13-21-23(34-14-18-7-5-4-6-8-18)25-24(37-21)22(31)26-27(32-3,38-25)11-9-19(36-26)10-12-28/h4-8,19-26,28,31H,9-15H2,1-3H3/t19-,20?,21?,22+,23+,24+,25+,26-,27?/m1/s1. The van der Waals surface area contributed by atoms with Gasteiger partial charge in [0.2, 0.25) is 0 Å². The second-order valence-corrected chi connectivity index (χ2v) is 9.99. The molecule has 0 saturated carbocycles. The summed E-state index contributed by atoms with van der Waals surface area (Å²) < 4.78 is 41.7.